The van der Waals surface area contributed by atoms with Crippen molar-refractivity contribution in [1.82, 2.24) is 5.32 Å². The summed E-state index contributed by atoms with van der Waals surface area (Å²) < 4.78 is 22.7. The van der Waals surface area contributed by atoms with Crippen LogP contribution in [-0.4, -0.2) is 37.2 Å². The van der Waals surface area contributed by atoms with E-state index in [1.165, 1.54) is 0 Å². The number of nitrogens with one attached hydrogen (secondary N) is 1. The second-order valence-electron chi connectivity index (χ2n) is 4.55. The largest absolute Gasteiger partial charge is 0.390 e. The summed E-state index contributed by atoms with van der Waals surface area (Å²) in [6, 6.07) is 9.44. The smallest absolute Gasteiger partial charge is 0.154 e. The van der Waals surface area contributed by atoms with Gasteiger partial charge in [0.1, 0.15) is 0 Å². The molecule has 3 unspecified atom stereocenters. The fraction of sp³-hybridized carbons (Fsp3) is 0.500. The quantitative estimate of drug-likeness (QED) is 0.825. The topological polar surface area (TPSA) is 66.4 Å². The van der Waals surface area contributed by atoms with Gasteiger partial charge in [0.15, 0.2) is 9.84 Å². The zero-order valence-corrected chi connectivity index (χ0v) is 10.5. The minimum Gasteiger partial charge on any atom is -0.390 e. The third-order valence-corrected chi connectivity index (χ3v) is 4.80. The zero-order chi connectivity index (χ0) is 12.5. The van der Waals surface area contributed by atoms with Crippen LogP contribution in [0.5, 0.6) is 0 Å². The van der Waals surface area contributed by atoms with Crippen molar-refractivity contribution in [3.05, 3.63) is 35.9 Å². The zero-order valence-electron chi connectivity index (χ0n) is 9.70. The Hall–Kier alpha value is -0.910. The van der Waals surface area contributed by atoms with Crippen molar-refractivity contribution in [3.8, 4) is 0 Å². The number of aliphatic hydroxyl groups excluding tert-OH is 1. The monoisotopic (exact) mass is 255 g/mol. The fourth-order valence-corrected chi connectivity index (χ4v) is 3.90. The summed E-state index contributed by atoms with van der Waals surface area (Å²) in [5.74, 6) is -0.114. The maximum Gasteiger partial charge on any atom is 0.154 e. The van der Waals surface area contributed by atoms with Crippen LogP contribution in [-0.2, 0) is 9.84 Å². The number of aliphatic hydroxyl groups is 1. The summed E-state index contributed by atoms with van der Waals surface area (Å²) in [5.41, 5.74) is 1.09. The standard InChI is InChI=1S/C12H17NO3S/c1-9(10-5-3-2-4-6-10)13-11-7-17(15,16)8-12(11)14/h2-6,9,11-14H,7-8H2,1H3. The van der Waals surface area contributed by atoms with Crippen LogP contribution in [0, 0.1) is 0 Å². The summed E-state index contributed by atoms with van der Waals surface area (Å²) in [5, 5.41) is 12.9. The predicted octanol–water partition coefficient (Wildman–Crippen LogP) is 0.495. The Morgan fingerprint density at radius 1 is 1.29 bits per heavy atom. The molecule has 0 bridgehead atoms. The van der Waals surface area contributed by atoms with E-state index in [1.54, 1.807) is 0 Å². The first-order valence-electron chi connectivity index (χ1n) is 5.67. The van der Waals surface area contributed by atoms with Gasteiger partial charge in [-0.15, -0.1) is 0 Å². The molecule has 5 heteroatoms. The van der Waals surface area contributed by atoms with Crippen LogP contribution in [0.1, 0.15) is 18.5 Å². The van der Waals surface area contributed by atoms with Crippen molar-refractivity contribution in [2.45, 2.75) is 25.1 Å². The van der Waals surface area contributed by atoms with Crippen LogP contribution >= 0.6 is 0 Å². The van der Waals surface area contributed by atoms with Crippen molar-refractivity contribution in [2.75, 3.05) is 11.5 Å². The van der Waals surface area contributed by atoms with Gasteiger partial charge in [0.25, 0.3) is 0 Å². The van der Waals surface area contributed by atoms with Gasteiger partial charge in [0, 0.05) is 12.1 Å². The first kappa shape index (κ1) is 12.5. The molecule has 1 aromatic carbocycles. The lowest BCUT2D eigenvalue weighted by Crippen LogP contribution is -2.40. The molecule has 3 atom stereocenters. The Balaban J connectivity index is 2.03. The molecule has 1 saturated heterocycles. The lowest BCUT2D eigenvalue weighted by atomic mass is 10.1. The van der Waals surface area contributed by atoms with Crippen LogP contribution in [0.15, 0.2) is 30.3 Å². The Labute approximate surface area is 102 Å². The van der Waals surface area contributed by atoms with E-state index in [0.29, 0.717) is 0 Å². The van der Waals surface area contributed by atoms with Gasteiger partial charge in [-0.1, -0.05) is 30.3 Å². The molecule has 1 aliphatic rings. The van der Waals surface area contributed by atoms with Crippen molar-refractivity contribution in [3.63, 3.8) is 0 Å². The molecular weight excluding hydrogens is 238 g/mol. The molecule has 0 radical (unpaired) electrons. The molecule has 0 amide bonds. The fourth-order valence-electron chi connectivity index (χ4n) is 2.15. The van der Waals surface area contributed by atoms with E-state index in [0.717, 1.165) is 5.56 Å². The van der Waals surface area contributed by atoms with E-state index in [4.69, 9.17) is 0 Å². The Bertz CT molecular complexity index is 472. The van der Waals surface area contributed by atoms with E-state index in [2.05, 4.69) is 5.32 Å². The van der Waals surface area contributed by atoms with Gasteiger partial charge in [-0.2, -0.15) is 0 Å². The van der Waals surface area contributed by atoms with Crippen LogP contribution in [0.25, 0.3) is 0 Å². The number of sulfone groups is 1. The predicted molar refractivity (Wildman–Crippen MR) is 66.4 cm³/mol. The van der Waals surface area contributed by atoms with Gasteiger partial charge in [-0.25, -0.2) is 8.42 Å². The maximum atomic E-state index is 11.4. The van der Waals surface area contributed by atoms with Gasteiger partial charge in [-0.3, -0.25) is 0 Å². The van der Waals surface area contributed by atoms with Gasteiger partial charge < -0.3 is 10.4 Å². The SMILES string of the molecule is CC(NC1CS(=O)(=O)CC1O)c1ccccc1. The van der Waals surface area contributed by atoms with Crippen LogP contribution in [0.3, 0.4) is 0 Å². The average Bonchev–Trinajstić information content (AvgIpc) is 2.53. The summed E-state index contributed by atoms with van der Waals surface area (Å²) >= 11 is 0. The molecule has 0 aliphatic carbocycles. The number of hydrogen-bond acceptors (Lipinski definition) is 4. The molecule has 0 spiro atoms. The van der Waals surface area contributed by atoms with Crippen LogP contribution in [0.2, 0.25) is 0 Å². The molecule has 2 rings (SSSR count). The van der Waals surface area contributed by atoms with E-state index < -0.39 is 15.9 Å². The van der Waals surface area contributed by atoms with E-state index >= 15 is 0 Å². The maximum absolute atomic E-state index is 11.4. The minimum atomic E-state index is -3.08. The molecule has 0 aromatic heterocycles. The van der Waals surface area contributed by atoms with Crippen molar-refractivity contribution < 1.29 is 13.5 Å². The average molecular weight is 255 g/mol. The third kappa shape index (κ3) is 3.06. The highest BCUT2D eigenvalue weighted by atomic mass is 32.2. The van der Waals surface area contributed by atoms with Crippen molar-refractivity contribution >= 4 is 9.84 Å². The highest BCUT2D eigenvalue weighted by Gasteiger charge is 2.36. The van der Waals surface area contributed by atoms with Crippen LogP contribution in [0.4, 0.5) is 0 Å². The molecular formula is C12H17NO3S. The lowest BCUT2D eigenvalue weighted by molar-refractivity contribution is 0.160. The van der Waals surface area contributed by atoms with E-state index in [9.17, 15) is 13.5 Å². The van der Waals surface area contributed by atoms with Gasteiger partial charge in [-0.05, 0) is 12.5 Å². The molecule has 1 fully saturated rings. The lowest BCUT2D eigenvalue weighted by Gasteiger charge is -2.21. The molecule has 0 saturated carbocycles. The first-order chi connectivity index (χ1) is 7.98. The summed E-state index contributed by atoms with van der Waals surface area (Å²) in [4.78, 5) is 0. The van der Waals surface area contributed by atoms with Crippen molar-refractivity contribution in [2.24, 2.45) is 0 Å². The molecule has 1 aromatic rings. The Morgan fingerprint density at radius 2 is 1.94 bits per heavy atom. The second-order valence-corrected chi connectivity index (χ2v) is 6.70. The van der Waals surface area contributed by atoms with Gasteiger partial charge in [0.2, 0.25) is 0 Å². The normalized spacial score (nSPS) is 29.1. The second kappa shape index (κ2) is 4.76. The first-order valence-corrected chi connectivity index (χ1v) is 7.49. The Kier molecular flexibility index (Phi) is 3.51. The Morgan fingerprint density at radius 3 is 2.47 bits per heavy atom. The van der Waals surface area contributed by atoms with Gasteiger partial charge in [0.05, 0.1) is 17.6 Å². The summed E-state index contributed by atoms with van der Waals surface area (Å²) in [7, 11) is -3.08. The van der Waals surface area contributed by atoms with E-state index in [1.807, 2.05) is 37.3 Å². The molecule has 2 N–H and O–H groups in total. The third-order valence-electron chi connectivity index (χ3n) is 3.09. The number of rotatable bonds is 3. The molecule has 1 aliphatic heterocycles. The van der Waals surface area contributed by atoms with Crippen LogP contribution < -0.4 is 5.32 Å². The number of benzene rings is 1. The van der Waals surface area contributed by atoms with Crippen molar-refractivity contribution in [1.29, 1.82) is 0 Å². The van der Waals surface area contributed by atoms with Gasteiger partial charge >= 0.3 is 0 Å². The molecule has 1 heterocycles. The molecule has 4 nitrogen and oxygen atoms in total. The minimum absolute atomic E-state index is 0.0192. The summed E-state index contributed by atoms with van der Waals surface area (Å²) in [6.45, 7) is 1.97. The van der Waals surface area contributed by atoms with E-state index in [-0.39, 0.29) is 23.6 Å². The highest BCUT2D eigenvalue weighted by molar-refractivity contribution is 7.91. The number of hydrogen-bond donors (Lipinski definition) is 2. The summed E-state index contributed by atoms with van der Waals surface area (Å²) in [6.07, 6.45) is -0.800. The molecule has 17 heavy (non-hydrogen) atoms. The highest BCUT2D eigenvalue weighted by Crippen LogP contribution is 2.18. The molecule has 94 valence electrons.